The molecule has 0 bridgehead atoms. The van der Waals surface area contributed by atoms with Gasteiger partial charge in [-0.1, -0.05) is 54.6 Å². The van der Waals surface area contributed by atoms with Crippen molar-refractivity contribution in [1.29, 1.82) is 0 Å². The molecule has 11 heteroatoms. The fourth-order valence-electron chi connectivity index (χ4n) is 5.04. The number of rotatable bonds is 8. The van der Waals surface area contributed by atoms with Gasteiger partial charge in [-0.3, -0.25) is 4.57 Å². The van der Waals surface area contributed by atoms with Crippen LogP contribution in [0.2, 0.25) is 0 Å². The van der Waals surface area contributed by atoms with Gasteiger partial charge in [0.25, 0.3) is 0 Å². The SMILES string of the molecule is C[C@@]1(OC(=O)c2ccccc2)[C@H](OC(=O)c2ccccc2)[C@@H](COC(=O)c2ccccc2)O[C@H]1n1cnc2cnncc21. The first-order chi connectivity index (χ1) is 20.9. The van der Waals surface area contributed by atoms with Gasteiger partial charge in [0.1, 0.15) is 18.2 Å². The van der Waals surface area contributed by atoms with E-state index in [2.05, 4.69) is 15.2 Å². The Hall–Kier alpha value is -5.42. The highest BCUT2D eigenvalue weighted by atomic mass is 16.7. The molecule has 0 saturated carbocycles. The molecule has 0 amide bonds. The highest BCUT2D eigenvalue weighted by Gasteiger charge is 2.60. The van der Waals surface area contributed by atoms with Crippen LogP contribution in [0.15, 0.2) is 110 Å². The third-order valence-corrected chi connectivity index (χ3v) is 7.19. The van der Waals surface area contributed by atoms with E-state index in [9.17, 15) is 14.4 Å². The third kappa shape index (κ3) is 5.57. The van der Waals surface area contributed by atoms with Crippen molar-refractivity contribution in [3.8, 4) is 0 Å². The van der Waals surface area contributed by atoms with Crippen molar-refractivity contribution in [3.05, 3.63) is 126 Å². The van der Waals surface area contributed by atoms with Gasteiger partial charge in [-0.15, -0.1) is 0 Å². The van der Waals surface area contributed by atoms with Gasteiger partial charge in [0.05, 0.1) is 40.9 Å². The lowest BCUT2D eigenvalue weighted by atomic mass is 9.95. The molecule has 3 heterocycles. The van der Waals surface area contributed by atoms with Crippen LogP contribution >= 0.6 is 0 Å². The molecule has 2 aromatic heterocycles. The molecule has 11 nitrogen and oxygen atoms in total. The topological polar surface area (TPSA) is 132 Å². The first kappa shape index (κ1) is 27.7. The number of benzene rings is 3. The maximum Gasteiger partial charge on any atom is 0.338 e. The average molecular weight is 579 g/mol. The molecule has 0 aliphatic carbocycles. The number of ether oxygens (including phenoxy) is 4. The zero-order valence-corrected chi connectivity index (χ0v) is 23.0. The van der Waals surface area contributed by atoms with Gasteiger partial charge in [-0.2, -0.15) is 10.2 Å². The van der Waals surface area contributed by atoms with Crippen LogP contribution in [0, 0.1) is 0 Å². The molecular weight excluding hydrogens is 552 g/mol. The Balaban J connectivity index is 1.40. The maximum atomic E-state index is 13.5. The van der Waals surface area contributed by atoms with Gasteiger partial charge in [0, 0.05) is 0 Å². The second-order valence-electron chi connectivity index (χ2n) is 10.0. The van der Waals surface area contributed by atoms with Crippen molar-refractivity contribution in [2.45, 2.75) is 31.0 Å². The predicted octanol–water partition coefficient (Wildman–Crippen LogP) is 4.42. The van der Waals surface area contributed by atoms with Gasteiger partial charge < -0.3 is 18.9 Å². The van der Waals surface area contributed by atoms with Gasteiger partial charge in [-0.05, 0) is 43.3 Å². The minimum Gasteiger partial charge on any atom is -0.459 e. The number of nitrogens with zero attached hydrogens (tertiary/aromatic N) is 4. The molecule has 3 aromatic carbocycles. The highest BCUT2D eigenvalue weighted by Crippen LogP contribution is 2.45. The number of hydrogen-bond acceptors (Lipinski definition) is 10. The minimum absolute atomic E-state index is 0.283. The Morgan fingerprint density at radius 1 is 0.791 bits per heavy atom. The van der Waals surface area contributed by atoms with Crippen LogP contribution in [0.5, 0.6) is 0 Å². The molecule has 1 aliphatic rings. The first-order valence-electron chi connectivity index (χ1n) is 13.5. The van der Waals surface area contributed by atoms with Crippen LogP contribution in [-0.2, 0) is 18.9 Å². The van der Waals surface area contributed by atoms with Gasteiger partial charge in [-0.25, -0.2) is 19.4 Å². The first-order valence-corrected chi connectivity index (χ1v) is 13.5. The van der Waals surface area contributed by atoms with E-state index in [1.165, 1.54) is 18.7 Å². The van der Waals surface area contributed by atoms with Crippen molar-refractivity contribution < 1.29 is 33.3 Å². The highest BCUT2D eigenvalue weighted by molar-refractivity contribution is 5.91. The zero-order valence-electron chi connectivity index (χ0n) is 23.0. The monoisotopic (exact) mass is 578 g/mol. The van der Waals surface area contributed by atoms with Crippen LogP contribution in [0.4, 0.5) is 0 Å². The Kier molecular flexibility index (Phi) is 7.63. The van der Waals surface area contributed by atoms with E-state index in [-0.39, 0.29) is 17.7 Å². The van der Waals surface area contributed by atoms with Crippen LogP contribution in [-0.4, -0.2) is 62.1 Å². The number of esters is 3. The number of carbonyl (C=O) groups excluding carboxylic acids is 3. The largest absolute Gasteiger partial charge is 0.459 e. The number of imidazole rings is 1. The summed E-state index contributed by atoms with van der Waals surface area (Å²) in [4.78, 5) is 44.1. The lowest BCUT2D eigenvalue weighted by molar-refractivity contribution is -0.108. The van der Waals surface area contributed by atoms with Crippen molar-refractivity contribution in [2.75, 3.05) is 6.61 Å². The fraction of sp³-hybridized carbons (Fsp3) is 0.188. The molecule has 6 rings (SSSR count). The number of fused-ring (bicyclic) bond motifs is 1. The third-order valence-electron chi connectivity index (χ3n) is 7.19. The standard InChI is InChI=1S/C32H26N4O7/c1-32(43-30(39)23-15-9-4-10-16-23)27(42-29(38)22-13-7-3-8-14-22)26(19-40-28(37)21-11-5-2-6-12-21)41-31(32)36-20-33-24-17-34-35-18-25(24)36/h2-18,20,26-27,31H,19H2,1H3/t26-,27-,31-,32-/m1/s1. The number of aromatic nitrogens is 4. The normalized spacial score (nSPS) is 21.3. The predicted molar refractivity (Wildman–Crippen MR) is 152 cm³/mol. The maximum absolute atomic E-state index is 13.5. The summed E-state index contributed by atoms with van der Waals surface area (Å²) in [5.74, 6) is -1.92. The zero-order chi connectivity index (χ0) is 29.8. The molecule has 1 fully saturated rings. The molecule has 1 saturated heterocycles. The fourth-order valence-corrected chi connectivity index (χ4v) is 5.04. The summed E-state index contributed by atoms with van der Waals surface area (Å²) in [6, 6.07) is 25.3. The molecule has 216 valence electrons. The van der Waals surface area contributed by atoms with Crippen molar-refractivity contribution in [1.82, 2.24) is 19.7 Å². The Morgan fingerprint density at radius 2 is 1.35 bits per heavy atom. The van der Waals surface area contributed by atoms with E-state index in [1.54, 1.807) is 102 Å². The van der Waals surface area contributed by atoms with Gasteiger partial charge >= 0.3 is 17.9 Å². The molecule has 0 spiro atoms. The molecule has 5 aromatic rings. The van der Waals surface area contributed by atoms with Crippen molar-refractivity contribution in [2.24, 2.45) is 0 Å². The second kappa shape index (κ2) is 11.8. The summed E-state index contributed by atoms with van der Waals surface area (Å²) in [6.45, 7) is 1.31. The number of hydrogen-bond donors (Lipinski definition) is 0. The van der Waals surface area contributed by atoms with Gasteiger partial charge in [0.2, 0.25) is 0 Å². The van der Waals surface area contributed by atoms with E-state index < -0.39 is 41.9 Å². The van der Waals surface area contributed by atoms with Crippen molar-refractivity contribution >= 4 is 28.9 Å². The quantitative estimate of drug-likeness (QED) is 0.193. The van der Waals surface area contributed by atoms with Crippen LogP contribution < -0.4 is 0 Å². The summed E-state index contributed by atoms with van der Waals surface area (Å²) < 4.78 is 25.9. The van der Waals surface area contributed by atoms with Crippen molar-refractivity contribution in [3.63, 3.8) is 0 Å². The molecule has 4 atom stereocenters. The van der Waals surface area contributed by atoms with Crippen LogP contribution in [0.1, 0.15) is 44.2 Å². The van der Waals surface area contributed by atoms with E-state index >= 15 is 0 Å². The minimum atomic E-state index is -1.63. The van der Waals surface area contributed by atoms with E-state index in [1.807, 2.05) is 0 Å². The molecule has 0 radical (unpaired) electrons. The summed E-state index contributed by atoms with van der Waals surface area (Å²) in [7, 11) is 0. The number of carbonyl (C=O) groups is 3. The van der Waals surface area contributed by atoms with E-state index in [4.69, 9.17) is 18.9 Å². The van der Waals surface area contributed by atoms with Crippen LogP contribution in [0.25, 0.3) is 11.0 Å². The summed E-state index contributed by atoms with van der Waals surface area (Å²) in [5.41, 5.74) is 0.344. The van der Waals surface area contributed by atoms with Gasteiger partial charge in [0.15, 0.2) is 17.9 Å². The molecule has 43 heavy (non-hydrogen) atoms. The Bertz CT molecular complexity index is 1750. The Labute approximate surface area is 246 Å². The lowest BCUT2D eigenvalue weighted by Gasteiger charge is -2.34. The summed E-state index contributed by atoms with van der Waals surface area (Å²) in [6.07, 6.45) is 1.17. The van der Waals surface area contributed by atoms with E-state index in [0.29, 0.717) is 16.6 Å². The molecular formula is C32H26N4O7. The second-order valence-corrected chi connectivity index (χ2v) is 10.0. The molecule has 0 N–H and O–H groups in total. The molecule has 1 aliphatic heterocycles. The summed E-state index contributed by atoms with van der Waals surface area (Å²) in [5, 5.41) is 7.84. The molecule has 0 unspecified atom stereocenters. The lowest BCUT2D eigenvalue weighted by Crippen LogP contribution is -2.50. The average Bonchev–Trinajstić information content (AvgIpc) is 3.59. The van der Waals surface area contributed by atoms with Crippen LogP contribution in [0.3, 0.4) is 0 Å². The van der Waals surface area contributed by atoms with E-state index in [0.717, 1.165) is 0 Å². The summed E-state index contributed by atoms with van der Waals surface area (Å²) >= 11 is 0. The Morgan fingerprint density at radius 3 is 1.98 bits per heavy atom. The smallest absolute Gasteiger partial charge is 0.338 e.